The number of aliphatic carboxylic acids is 1. The van der Waals surface area contributed by atoms with Crippen LogP contribution in [0, 0.1) is 0 Å². The monoisotopic (exact) mass is 172 g/mol. The van der Waals surface area contributed by atoms with E-state index in [0.717, 1.165) is 19.4 Å². The highest BCUT2D eigenvalue weighted by Crippen LogP contribution is 2.15. The number of nitrogens with zero attached hydrogens (tertiary/aromatic N) is 1. The lowest BCUT2D eigenvalue weighted by molar-refractivity contribution is -0.144. The lowest BCUT2D eigenvalue weighted by atomic mass is 9.99. The molecule has 1 rings (SSSR count). The zero-order valence-corrected chi connectivity index (χ0v) is 7.58. The Morgan fingerprint density at radius 1 is 1.58 bits per heavy atom. The van der Waals surface area contributed by atoms with Crippen molar-refractivity contribution < 1.29 is 9.90 Å². The predicted octanol–water partition coefficient (Wildman–Crippen LogP) is -0.247. The molecule has 1 fully saturated rings. The van der Waals surface area contributed by atoms with E-state index in [1.165, 1.54) is 0 Å². The number of carboxylic acid groups (broad SMARTS) is 1. The molecule has 1 aliphatic rings. The Kier molecular flexibility index (Phi) is 3.05. The molecular formula is C8H16N2O2. The molecule has 0 aromatic rings. The molecule has 4 nitrogen and oxygen atoms in total. The third-order valence-electron chi connectivity index (χ3n) is 2.52. The summed E-state index contributed by atoms with van der Waals surface area (Å²) in [5.74, 6) is -0.702. The fourth-order valence-corrected chi connectivity index (χ4v) is 1.69. The normalized spacial score (nSPS) is 31.8. The van der Waals surface area contributed by atoms with Gasteiger partial charge in [-0.25, -0.2) is 0 Å². The first kappa shape index (κ1) is 9.48. The fraction of sp³-hybridized carbons (Fsp3) is 0.875. The predicted molar refractivity (Wildman–Crippen MR) is 46.1 cm³/mol. The van der Waals surface area contributed by atoms with Crippen LogP contribution in [-0.4, -0.2) is 48.7 Å². The first-order chi connectivity index (χ1) is 5.65. The van der Waals surface area contributed by atoms with Crippen molar-refractivity contribution in [2.45, 2.75) is 24.9 Å². The smallest absolute Gasteiger partial charge is 0.320 e. The summed E-state index contributed by atoms with van der Waals surface area (Å²) in [6, 6.07) is 0.167. The number of hydrogen-bond donors (Lipinski definition) is 2. The largest absolute Gasteiger partial charge is 0.480 e. The summed E-state index contributed by atoms with van der Waals surface area (Å²) in [5, 5.41) is 12.0. The highest BCUT2D eigenvalue weighted by atomic mass is 16.4. The molecule has 0 radical (unpaired) electrons. The van der Waals surface area contributed by atoms with Crippen molar-refractivity contribution in [1.82, 2.24) is 10.2 Å². The average Bonchev–Trinajstić information content (AvgIpc) is 2.03. The average molecular weight is 172 g/mol. The van der Waals surface area contributed by atoms with Gasteiger partial charge in [-0.05, 0) is 26.9 Å². The molecule has 0 aromatic heterocycles. The quantitative estimate of drug-likeness (QED) is 0.603. The second-order valence-electron chi connectivity index (χ2n) is 3.36. The van der Waals surface area contributed by atoms with E-state index in [9.17, 15) is 4.79 Å². The molecule has 0 unspecified atom stereocenters. The van der Waals surface area contributed by atoms with Gasteiger partial charge in [0.2, 0.25) is 0 Å². The van der Waals surface area contributed by atoms with E-state index in [4.69, 9.17) is 5.11 Å². The van der Waals surface area contributed by atoms with E-state index < -0.39 is 5.97 Å². The zero-order chi connectivity index (χ0) is 9.14. The van der Waals surface area contributed by atoms with Crippen LogP contribution < -0.4 is 5.32 Å². The van der Waals surface area contributed by atoms with Crippen LogP contribution in [0.15, 0.2) is 0 Å². The van der Waals surface area contributed by atoms with Crippen LogP contribution in [-0.2, 0) is 4.79 Å². The van der Waals surface area contributed by atoms with Crippen molar-refractivity contribution in [1.29, 1.82) is 0 Å². The lowest BCUT2D eigenvalue weighted by Crippen LogP contribution is -2.50. The minimum absolute atomic E-state index is 0.283. The van der Waals surface area contributed by atoms with Gasteiger partial charge in [0.25, 0.3) is 0 Å². The summed E-state index contributed by atoms with van der Waals surface area (Å²) in [6.07, 6.45) is 1.70. The van der Waals surface area contributed by atoms with Crippen molar-refractivity contribution in [3.05, 3.63) is 0 Å². The van der Waals surface area contributed by atoms with E-state index in [1.807, 2.05) is 19.0 Å². The number of piperidine rings is 1. The van der Waals surface area contributed by atoms with Gasteiger partial charge in [0.15, 0.2) is 0 Å². The zero-order valence-electron chi connectivity index (χ0n) is 7.58. The summed E-state index contributed by atoms with van der Waals surface area (Å²) < 4.78 is 0. The summed E-state index contributed by atoms with van der Waals surface area (Å²) in [4.78, 5) is 12.6. The van der Waals surface area contributed by atoms with Crippen LogP contribution in [0.1, 0.15) is 12.8 Å². The van der Waals surface area contributed by atoms with E-state index >= 15 is 0 Å². The van der Waals surface area contributed by atoms with Gasteiger partial charge in [0, 0.05) is 12.6 Å². The van der Waals surface area contributed by atoms with Gasteiger partial charge in [-0.3, -0.25) is 9.69 Å². The van der Waals surface area contributed by atoms with Gasteiger partial charge >= 0.3 is 5.97 Å². The van der Waals surface area contributed by atoms with Gasteiger partial charge in [0.1, 0.15) is 6.04 Å². The first-order valence-corrected chi connectivity index (χ1v) is 4.25. The number of likely N-dealkylation sites (N-methyl/N-ethyl adjacent to an activating group) is 2. The van der Waals surface area contributed by atoms with Gasteiger partial charge in [0.05, 0.1) is 0 Å². The van der Waals surface area contributed by atoms with Gasteiger partial charge in [-0.15, -0.1) is 0 Å². The molecule has 2 N–H and O–H groups in total. The second-order valence-corrected chi connectivity index (χ2v) is 3.36. The van der Waals surface area contributed by atoms with Crippen molar-refractivity contribution >= 4 is 5.97 Å². The van der Waals surface area contributed by atoms with Gasteiger partial charge < -0.3 is 10.4 Å². The number of likely N-dealkylation sites (tertiary alicyclic amines) is 1. The van der Waals surface area contributed by atoms with Crippen LogP contribution >= 0.6 is 0 Å². The SMILES string of the molecule is CN[C@@H]1CC[C@@H](C(=O)O)N(C)C1. The molecule has 1 heterocycles. The molecule has 12 heavy (non-hydrogen) atoms. The fourth-order valence-electron chi connectivity index (χ4n) is 1.69. The number of rotatable bonds is 2. The first-order valence-electron chi connectivity index (χ1n) is 4.25. The molecular weight excluding hydrogens is 156 g/mol. The van der Waals surface area contributed by atoms with E-state index in [1.54, 1.807) is 0 Å². The Bertz CT molecular complexity index is 172. The van der Waals surface area contributed by atoms with Crippen molar-refractivity contribution in [2.24, 2.45) is 0 Å². The van der Waals surface area contributed by atoms with Gasteiger partial charge in [-0.2, -0.15) is 0 Å². The lowest BCUT2D eigenvalue weighted by Gasteiger charge is -2.34. The maximum Gasteiger partial charge on any atom is 0.320 e. The Hall–Kier alpha value is -0.610. The van der Waals surface area contributed by atoms with E-state index in [-0.39, 0.29) is 6.04 Å². The highest BCUT2D eigenvalue weighted by Gasteiger charge is 2.29. The maximum absolute atomic E-state index is 10.7. The summed E-state index contributed by atoms with van der Waals surface area (Å²) in [5.41, 5.74) is 0. The topological polar surface area (TPSA) is 52.6 Å². The standard InChI is InChI=1S/C8H16N2O2/c1-9-6-3-4-7(8(11)12)10(2)5-6/h6-7,9H,3-5H2,1-2H3,(H,11,12)/t6-,7+/m1/s1. The molecule has 1 saturated heterocycles. The third kappa shape index (κ3) is 1.95. The summed E-state index contributed by atoms with van der Waals surface area (Å²) >= 11 is 0. The van der Waals surface area contributed by atoms with Crippen LogP contribution in [0.3, 0.4) is 0 Å². The molecule has 70 valence electrons. The number of hydrogen-bond acceptors (Lipinski definition) is 3. The molecule has 0 saturated carbocycles. The van der Waals surface area contributed by atoms with Crippen molar-refractivity contribution in [2.75, 3.05) is 20.6 Å². The molecule has 1 aliphatic heterocycles. The minimum Gasteiger partial charge on any atom is -0.480 e. The summed E-state index contributed by atoms with van der Waals surface area (Å²) in [7, 11) is 3.78. The van der Waals surface area contributed by atoms with E-state index in [0.29, 0.717) is 6.04 Å². The molecule has 0 bridgehead atoms. The van der Waals surface area contributed by atoms with E-state index in [2.05, 4.69) is 5.32 Å². The van der Waals surface area contributed by atoms with Crippen molar-refractivity contribution in [3.8, 4) is 0 Å². The second kappa shape index (κ2) is 3.87. The molecule has 4 heteroatoms. The number of nitrogens with one attached hydrogen (secondary N) is 1. The third-order valence-corrected chi connectivity index (χ3v) is 2.52. The number of carboxylic acids is 1. The van der Waals surface area contributed by atoms with Crippen LogP contribution in [0.5, 0.6) is 0 Å². The van der Waals surface area contributed by atoms with Crippen LogP contribution in [0.2, 0.25) is 0 Å². The molecule has 2 atom stereocenters. The minimum atomic E-state index is -0.702. The van der Waals surface area contributed by atoms with Gasteiger partial charge in [-0.1, -0.05) is 0 Å². The molecule has 0 spiro atoms. The van der Waals surface area contributed by atoms with Crippen LogP contribution in [0.4, 0.5) is 0 Å². The summed E-state index contributed by atoms with van der Waals surface area (Å²) in [6.45, 7) is 0.827. The Morgan fingerprint density at radius 2 is 2.25 bits per heavy atom. The Balaban J connectivity index is 2.47. The van der Waals surface area contributed by atoms with Crippen LogP contribution in [0.25, 0.3) is 0 Å². The Morgan fingerprint density at radius 3 is 2.67 bits per heavy atom. The van der Waals surface area contributed by atoms with Crippen molar-refractivity contribution in [3.63, 3.8) is 0 Å². The maximum atomic E-state index is 10.7. The Labute approximate surface area is 72.6 Å². The molecule has 0 amide bonds. The highest BCUT2D eigenvalue weighted by molar-refractivity contribution is 5.73. The molecule has 0 aromatic carbocycles. The molecule has 0 aliphatic carbocycles. The number of carbonyl (C=O) groups is 1.